The van der Waals surface area contributed by atoms with E-state index < -0.39 is 0 Å². The van der Waals surface area contributed by atoms with Crippen molar-refractivity contribution in [2.45, 2.75) is 0 Å². The van der Waals surface area contributed by atoms with Crippen molar-refractivity contribution in [2.75, 3.05) is 35.5 Å². The van der Waals surface area contributed by atoms with Gasteiger partial charge < -0.3 is 9.80 Å². The number of hydrogen-bond donors (Lipinski definition) is 0. The molecule has 0 aliphatic carbocycles. The monoisotopic (exact) mass is 332 g/mol. The van der Waals surface area contributed by atoms with Crippen LogP contribution in [0.4, 0.5) is 5.95 Å². The minimum absolute atomic E-state index is 0.217. The summed E-state index contributed by atoms with van der Waals surface area (Å²) in [5.74, 6) is 0.971. The second-order valence-electron chi connectivity index (χ2n) is 3.55. The van der Waals surface area contributed by atoms with Crippen molar-refractivity contribution in [1.29, 1.82) is 0 Å². The van der Waals surface area contributed by atoms with Crippen LogP contribution < -0.4 is 4.90 Å². The molecule has 1 fully saturated rings. The molecule has 0 aromatic carbocycles. The minimum atomic E-state index is 0.217. The number of halogens is 1. The number of carbonyl (C=O) groups excluding carboxylic acids is 1. The van der Waals surface area contributed by atoms with Crippen LogP contribution in [0.15, 0.2) is 18.5 Å². The summed E-state index contributed by atoms with van der Waals surface area (Å²) in [6, 6.07) is 1.80. The van der Waals surface area contributed by atoms with Crippen LogP contribution in [0, 0.1) is 0 Å². The van der Waals surface area contributed by atoms with E-state index in [1.165, 1.54) is 0 Å². The standard InChI is InChI=1S/C10H13IN4O/c11-8-9(16)14-4-6-15(7-5-14)10-12-2-1-3-13-10/h1-3H,4-8H2. The van der Waals surface area contributed by atoms with Gasteiger partial charge in [0, 0.05) is 38.6 Å². The predicted octanol–water partition coefficient (Wildman–Crippen LogP) is 0.560. The van der Waals surface area contributed by atoms with Gasteiger partial charge in [-0.1, -0.05) is 22.6 Å². The minimum Gasteiger partial charge on any atom is -0.338 e. The number of carbonyl (C=O) groups is 1. The maximum atomic E-state index is 11.5. The second-order valence-corrected chi connectivity index (χ2v) is 4.31. The number of rotatable bonds is 2. The van der Waals surface area contributed by atoms with Gasteiger partial charge in [0.1, 0.15) is 0 Å². The molecule has 0 radical (unpaired) electrons. The number of amides is 1. The fourth-order valence-electron chi connectivity index (χ4n) is 1.69. The Bertz CT molecular complexity index is 351. The lowest BCUT2D eigenvalue weighted by Gasteiger charge is -2.34. The Morgan fingerprint density at radius 2 is 1.88 bits per heavy atom. The Kier molecular flexibility index (Phi) is 3.92. The molecule has 0 atom stereocenters. The van der Waals surface area contributed by atoms with Crippen molar-refractivity contribution in [2.24, 2.45) is 0 Å². The summed E-state index contributed by atoms with van der Waals surface area (Å²) in [5, 5.41) is 0. The van der Waals surface area contributed by atoms with Crippen LogP contribution in [-0.2, 0) is 4.79 Å². The largest absolute Gasteiger partial charge is 0.338 e. The van der Waals surface area contributed by atoms with E-state index in [0.29, 0.717) is 4.43 Å². The first-order valence-electron chi connectivity index (χ1n) is 5.17. The van der Waals surface area contributed by atoms with E-state index in [4.69, 9.17) is 0 Å². The predicted molar refractivity (Wildman–Crippen MR) is 69.7 cm³/mol. The Balaban J connectivity index is 1.93. The number of piperazine rings is 1. The number of nitrogens with zero attached hydrogens (tertiary/aromatic N) is 4. The molecule has 2 rings (SSSR count). The molecule has 0 bridgehead atoms. The maximum Gasteiger partial charge on any atom is 0.232 e. The highest BCUT2D eigenvalue weighted by Gasteiger charge is 2.21. The van der Waals surface area contributed by atoms with Crippen molar-refractivity contribution in [3.8, 4) is 0 Å². The highest BCUT2D eigenvalue weighted by Crippen LogP contribution is 2.09. The highest BCUT2D eigenvalue weighted by molar-refractivity contribution is 14.1. The fraction of sp³-hybridized carbons (Fsp3) is 0.500. The van der Waals surface area contributed by atoms with E-state index >= 15 is 0 Å². The molecule has 0 N–H and O–H groups in total. The summed E-state index contributed by atoms with van der Waals surface area (Å²) in [6.07, 6.45) is 3.48. The SMILES string of the molecule is O=C(CI)N1CCN(c2ncccn2)CC1. The third kappa shape index (κ3) is 2.60. The average molecular weight is 332 g/mol. The van der Waals surface area contributed by atoms with Crippen LogP contribution in [0.5, 0.6) is 0 Å². The maximum absolute atomic E-state index is 11.5. The molecular formula is C10H13IN4O. The van der Waals surface area contributed by atoms with Crippen LogP contribution >= 0.6 is 22.6 Å². The van der Waals surface area contributed by atoms with Gasteiger partial charge in [0.25, 0.3) is 0 Å². The third-order valence-electron chi connectivity index (χ3n) is 2.58. The van der Waals surface area contributed by atoms with E-state index in [2.05, 4.69) is 37.5 Å². The number of hydrogen-bond acceptors (Lipinski definition) is 4. The lowest BCUT2D eigenvalue weighted by Crippen LogP contribution is -2.49. The Hall–Kier alpha value is -0.920. The molecule has 6 heteroatoms. The van der Waals surface area contributed by atoms with Crippen molar-refractivity contribution < 1.29 is 4.79 Å². The van der Waals surface area contributed by atoms with Crippen LogP contribution in [0.25, 0.3) is 0 Å². The molecule has 1 aromatic heterocycles. The fourth-order valence-corrected chi connectivity index (χ4v) is 2.18. The zero-order chi connectivity index (χ0) is 11.4. The van der Waals surface area contributed by atoms with Gasteiger partial charge in [0.05, 0.1) is 4.43 Å². The van der Waals surface area contributed by atoms with Crippen LogP contribution in [0.1, 0.15) is 0 Å². The molecule has 0 saturated carbocycles. The van der Waals surface area contributed by atoms with E-state index in [1.54, 1.807) is 18.5 Å². The van der Waals surface area contributed by atoms with E-state index in [0.717, 1.165) is 32.1 Å². The highest BCUT2D eigenvalue weighted by atomic mass is 127. The molecule has 1 amide bonds. The molecule has 5 nitrogen and oxygen atoms in total. The quantitative estimate of drug-likeness (QED) is 0.587. The van der Waals surface area contributed by atoms with Crippen molar-refractivity contribution in [1.82, 2.24) is 14.9 Å². The smallest absolute Gasteiger partial charge is 0.232 e. The summed E-state index contributed by atoms with van der Waals surface area (Å²) < 4.78 is 0.555. The van der Waals surface area contributed by atoms with Gasteiger partial charge in [0.15, 0.2) is 0 Å². The molecule has 1 aromatic rings. The van der Waals surface area contributed by atoms with E-state index in [-0.39, 0.29) is 5.91 Å². The normalized spacial score (nSPS) is 16.3. The third-order valence-corrected chi connectivity index (χ3v) is 3.23. The zero-order valence-corrected chi connectivity index (χ0v) is 11.0. The van der Waals surface area contributed by atoms with Crippen molar-refractivity contribution >= 4 is 34.4 Å². The summed E-state index contributed by atoms with van der Waals surface area (Å²) in [4.78, 5) is 23.9. The van der Waals surface area contributed by atoms with Crippen molar-refractivity contribution in [3.05, 3.63) is 18.5 Å². The van der Waals surface area contributed by atoms with E-state index in [9.17, 15) is 4.79 Å². The lowest BCUT2D eigenvalue weighted by molar-refractivity contribution is -0.128. The van der Waals surface area contributed by atoms with Gasteiger partial charge in [-0.2, -0.15) is 0 Å². The van der Waals surface area contributed by atoms with Gasteiger partial charge in [-0.25, -0.2) is 9.97 Å². The van der Waals surface area contributed by atoms with Crippen molar-refractivity contribution in [3.63, 3.8) is 0 Å². The molecule has 86 valence electrons. The molecule has 16 heavy (non-hydrogen) atoms. The van der Waals surface area contributed by atoms with Gasteiger partial charge in [-0.05, 0) is 6.07 Å². The molecular weight excluding hydrogens is 319 g/mol. The van der Waals surface area contributed by atoms with Gasteiger partial charge in [-0.3, -0.25) is 4.79 Å². The summed E-state index contributed by atoms with van der Waals surface area (Å²) in [7, 11) is 0. The Labute approximate surface area is 108 Å². The van der Waals surface area contributed by atoms with Gasteiger partial charge in [0.2, 0.25) is 11.9 Å². The molecule has 1 aliphatic heterocycles. The Morgan fingerprint density at radius 3 is 2.44 bits per heavy atom. The molecule has 0 spiro atoms. The summed E-state index contributed by atoms with van der Waals surface area (Å²) >= 11 is 2.10. The van der Waals surface area contributed by atoms with Gasteiger partial charge in [-0.15, -0.1) is 0 Å². The number of aromatic nitrogens is 2. The number of alkyl halides is 1. The first kappa shape index (κ1) is 11.6. The summed E-state index contributed by atoms with van der Waals surface area (Å²) in [6.45, 7) is 3.15. The van der Waals surface area contributed by atoms with Gasteiger partial charge >= 0.3 is 0 Å². The molecule has 1 aliphatic rings. The van der Waals surface area contributed by atoms with E-state index in [1.807, 2.05) is 4.90 Å². The first-order chi connectivity index (χ1) is 7.81. The Morgan fingerprint density at radius 1 is 1.25 bits per heavy atom. The first-order valence-corrected chi connectivity index (χ1v) is 6.69. The lowest BCUT2D eigenvalue weighted by atomic mass is 10.3. The average Bonchev–Trinajstić information content (AvgIpc) is 2.39. The van der Waals surface area contributed by atoms with Crippen LogP contribution in [0.3, 0.4) is 0 Å². The second kappa shape index (κ2) is 5.42. The zero-order valence-electron chi connectivity index (χ0n) is 8.84. The molecule has 0 unspecified atom stereocenters. The number of anilines is 1. The van der Waals surface area contributed by atoms with Crippen LogP contribution in [0.2, 0.25) is 0 Å². The molecule has 1 saturated heterocycles. The topological polar surface area (TPSA) is 49.3 Å². The summed E-state index contributed by atoms with van der Waals surface area (Å²) in [5.41, 5.74) is 0. The molecule has 2 heterocycles. The van der Waals surface area contributed by atoms with Crippen LogP contribution in [-0.4, -0.2) is 51.4 Å².